The van der Waals surface area contributed by atoms with Crippen molar-refractivity contribution in [3.05, 3.63) is 0 Å². The van der Waals surface area contributed by atoms with Gasteiger partial charge >= 0.3 is 5.97 Å². The van der Waals surface area contributed by atoms with Crippen molar-refractivity contribution in [1.29, 1.82) is 0 Å². The number of hydrogen-bond acceptors (Lipinski definition) is 1. The van der Waals surface area contributed by atoms with Crippen LogP contribution in [-0.4, -0.2) is 15.9 Å². The van der Waals surface area contributed by atoms with Gasteiger partial charge in [-0.1, -0.05) is 22.4 Å². The van der Waals surface area contributed by atoms with E-state index < -0.39 is 5.97 Å². The molecule has 1 N–H and O–H groups in total. The SMILES string of the molecule is O=C(O)[C@@H](Br)C[C@H]1CC2CCC1C2. The maximum absolute atomic E-state index is 10.6. The average Bonchev–Trinajstić information content (AvgIpc) is 2.64. The predicted molar refractivity (Wildman–Crippen MR) is 53.9 cm³/mol. The van der Waals surface area contributed by atoms with Crippen molar-refractivity contribution in [1.82, 2.24) is 0 Å². The van der Waals surface area contributed by atoms with E-state index in [4.69, 9.17) is 5.11 Å². The fraction of sp³-hybridized carbons (Fsp3) is 0.900. The number of halogens is 1. The first kappa shape index (κ1) is 9.50. The van der Waals surface area contributed by atoms with E-state index in [2.05, 4.69) is 15.9 Å². The first-order chi connectivity index (χ1) is 6.16. The third-order valence-electron chi connectivity index (χ3n) is 3.66. The Morgan fingerprint density at radius 3 is 2.69 bits per heavy atom. The summed E-state index contributed by atoms with van der Waals surface area (Å²) in [5.41, 5.74) is 0. The zero-order valence-electron chi connectivity index (χ0n) is 7.58. The van der Waals surface area contributed by atoms with Gasteiger partial charge in [-0.05, 0) is 43.4 Å². The van der Waals surface area contributed by atoms with Gasteiger partial charge in [0.15, 0.2) is 0 Å². The number of carboxylic acids is 1. The molecule has 2 rings (SSSR count). The van der Waals surface area contributed by atoms with Gasteiger partial charge in [-0.2, -0.15) is 0 Å². The van der Waals surface area contributed by atoms with Crippen LogP contribution in [0, 0.1) is 17.8 Å². The lowest BCUT2D eigenvalue weighted by molar-refractivity contribution is -0.136. The van der Waals surface area contributed by atoms with Gasteiger partial charge in [-0.15, -0.1) is 0 Å². The third-order valence-corrected chi connectivity index (χ3v) is 4.43. The van der Waals surface area contributed by atoms with E-state index in [0.717, 1.165) is 18.3 Å². The molecule has 0 spiro atoms. The number of fused-ring (bicyclic) bond motifs is 2. The van der Waals surface area contributed by atoms with Gasteiger partial charge < -0.3 is 5.11 Å². The minimum absolute atomic E-state index is 0.322. The van der Waals surface area contributed by atoms with E-state index in [0.29, 0.717) is 5.92 Å². The summed E-state index contributed by atoms with van der Waals surface area (Å²) in [4.78, 5) is 10.3. The number of carboxylic acid groups (broad SMARTS) is 1. The molecule has 0 saturated heterocycles. The molecule has 0 heterocycles. The Morgan fingerprint density at radius 1 is 1.46 bits per heavy atom. The molecule has 2 aliphatic rings. The molecule has 0 radical (unpaired) electrons. The lowest BCUT2D eigenvalue weighted by atomic mass is 9.85. The van der Waals surface area contributed by atoms with Crippen LogP contribution in [0.15, 0.2) is 0 Å². The normalized spacial score (nSPS) is 39.3. The Hall–Kier alpha value is -0.0500. The second-order valence-electron chi connectivity index (χ2n) is 4.48. The van der Waals surface area contributed by atoms with E-state index >= 15 is 0 Å². The van der Waals surface area contributed by atoms with Crippen LogP contribution in [0.25, 0.3) is 0 Å². The summed E-state index contributed by atoms with van der Waals surface area (Å²) in [5.74, 6) is 1.73. The summed E-state index contributed by atoms with van der Waals surface area (Å²) < 4.78 is 0. The first-order valence-corrected chi connectivity index (χ1v) is 5.95. The van der Waals surface area contributed by atoms with Crippen LogP contribution in [0.3, 0.4) is 0 Å². The van der Waals surface area contributed by atoms with Crippen molar-refractivity contribution in [2.45, 2.75) is 36.9 Å². The smallest absolute Gasteiger partial charge is 0.317 e. The van der Waals surface area contributed by atoms with Crippen LogP contribution in [0.5, 0.6) is 0 Å². The van der Waals surface area contributed by atoms with E-state index in [1.807, 2.05) is 0 Å². The van der Waals surface area contributed by atoms with E-state index in [1.54, 1.807) is 0 Å². The Bertz CT molecular complexity index is 217. The van der Waals surface area contributed by atoms with Gasteiger partial charge in [0.1, 0.15) is 4.83 Å². The average molecular weight is 247 g/mol. The minimum Gasteiger partial charge on any atom is -0.480 e. The molecule has 2 aliphatic carbocycles. The van der Waals surface area contributed by atoms with Gasteiger partial charge in [-0.3, -0.25) is 4.79 Å². The molecule has 0 amide bonds. The molecule has 13 heavy (non-hydrogen) atoms. The fourth-order valence-corrected chi connectivity index (χ4v) is 3.51. The Balaban J connectivity index is 1.86. The number of carbonyl (C=O) groups is 1. The summed E-state index contributed by atoms with van der Waals surface area (Å²) in [7, 11) is 0. The predicted octanol–water partition coefficient (Wildman–Crippen LogP) is 2.66. The van der Waals surface area contributed by atoms with E-state index in [1.165, 1.54) is 25.7 Å². The Kier molecular flexibility index (Phi) is 2.63. The maximum atomic E-state index is 10.6. The number of alkyl halides is 1. The van der Waals surface area contributed by atoms with Crippen molar-refractivity contribution < 1.29 is 9.90 Å². The van der Waals surface area contributed by atoms with Crippen LogP contribution >= 0.6 is 15.9 Å². The largest absolute Gasteiger partial charge is 0.480 e. The highest BCUT2D eigenvalue weighted by Crippen LogP contribution is 2.50. The minimum atomic E-state index is -0.706. The molecule has 2 nitrogen and oxygen atoms in total. The van der Waals surface area contributed by atoms with E-state index in [9.17, 15) is 4.79 Å². The highest BCUT2D eigenvalue weighted by atomic mass is 79.9. The molecule has 4 atom stereocenters. The molecule has 74 valence electrons. The number of rotatable bonds is 3. The fourth-order valence-electron chi connectivity index (χ4n) is 3.03. The molecular formula is C10H15BrO2. The van der Waals surface area contributed by atoms with E-state index in [-0.39, 0.29) is 4.83 Å². The lowest BCUT2D eigenvalue weighted by Crippen LogP contribution is -2.20. The highest BCUT2D eigenvalue weighted by molar-refractivity contribution is 9.10. The van der Waals surface area contributed by atoms with Crippen molar-refractivity contribution in [2.75, 3.05) is 0 Å². The molecule has 2 bridgehead atoms. The third kappa shape index (κ3) is 1.90. The van der Waals surface area contributed by atoms with Crippen LogP contribution in [0.4, 0.5) is 0 Å². The van der Waals surface area contributed by atoms with Crippen molar-refractivity contribution in [3.63, 3.8) is 0 Å². The second-order valence-corrected chi connectivity index (χ2v) is 5.58. The number of hydrogen-bond donors (Lipinski definition) is 1. The standard InChI is InChI=1S/C10H15BrO2/c11-9(10(12)13)5-8-4-6-1-2-7(8)3-6/h6-9H,1-5H2,(H,12,13)/t6?,7?,8-,9+/m1/s1. The summed E-state index contributed by atoms with van der Waals surface area (Å²) >= 11 is 3.22. The van der Waals surface area contributed by atoms with Crippen molar-refractivity contribution >= 4 is 21.9 Å². The van der Waals surface area contributed by atoms with Gasteiger partial charge in [0.2, 0.25) is 0 Å². The van der Waals surface area contributed by atoms with Crippen LogP contribution in [0.2, 0.25) is 0 Å². The quantitative estimate of drug-likeness (QED) is 0.778. The van der Waals surface area contributed by atoms with Crippen LogP contribution in [0.1, 0.15) is 32.1 Å². The molecule has 0 aromatic heterocycles. The molecule has 0 aliphatic heterocycles. The number of aliphatic carboxylic acids is 1. The zero-order valence-corrected chi connectivity index (χ0v) is 9.16. The molecule has 2 saturated carbocycles. The zero-order chi connectivity index (χ0) is 9.42. The Morgan fingerprint density at radius 2 is 2.23 bits per heavy atom. The van der Waals surface area contributed by atoms with Crippen molar-refractivity contribution in [3.8, 4) is 0 Å². The van der Waals surface area contributed by atoms with Gasteiger partial charge in [-0.25, -0.2) is 0 Å². The highest BCUT2D eigenvalue weighted by Gasteiger charge is 2.40. The second kappa shape index (κ2) is 3.60. The van der Waals surface area contributed by atoms with Crippen molar-refractivity contribution in [2.24, 2.45) is 17.8 Å². The monoisotopic (exact) mass is 246 g/mol. The van der Waals surface area contributed by atoms with Gasteiger partial charge in [0.25, 0.3) is 0 Å². The summed E-state index contributed by atoms with van der Waals surface area (Å²) in [6, 6.07) is 0. The molecule has 0 aromatic rings. The Labute approximate surface area is 86.8 Å². The summed E-state index contributed by atoms with van der Waals surface area (Å²) in [6.07, 6.45) is 6.20. The topological polar surface area (TPSA) is 37.3 Å². The first-order valence-electron chi connectivity index (χ1n) is 5.03. The molecule has 3 heteroatoms. The van der Waals surface area contributed by atoms with Crippen LogP contribution in [-0.2, 0) is 4.79 Å². The molecular weight excluding hydrogens is 232 g/mol. The van der Waals surface area contributed by atoms with Crippen LogP contribution < -0.4 is 0 Å². The van der Waals surface area contributed by atoms with Gasteiger partial charge in [0, 0.05) is 0 Å². The summed E-state index contributed by atoms with van der Waals surface area (Å²) in [5, 5.41) is 8.77. The summed E-state index contributed by atoms with van der Waals surface area (Å²) in [6.45, 7) is 0. The molecule has 2 fully saturated rings. The maximum Gasteiger partial charge on any atom is 0.317 e. The van der Waals surface area contributed by atoms with Gasteiger partial charge in [0.05, 0.1) is 0 Å². The molecule has 0 aromatic carbocycles. The molecule has 2 unspecified atom stereocenters. The lowest BCUT2D eigenvalue weighted by Gasteiger charge is -2.22.